The van der Waals surface area contributed by atoms with Gasteiger partial charge in [-0.25, -0.2) is 0 Å². The van der Waals surface area contributed by atoms with Crippen LogP contribution in [0.4, 0.5) is 0 Å². The van der Waals surface area contributed by atoms with E-state index in [-0.39, 0.29) is 31.6 Å². The van der Waals surface area contributed by atoms with E-state index in [9.17, 15) is 14.4 Å². The van der Waals surface area contributed by atoms with Crippen molar-refractivity contribution in [3.8, 4) is 0 Å². The molecule has 0 aromatic rings. The lowest BCUT2D eigenvalue weighted by Gasteiger charge is -2.18. The van der Waals surface area contributed by atoms with Crippen LogP contribution in [-0.4, -0.2) is 37.2 Å². The largest absolute Gasteiger partial charge is 0.462 e. The third-order valence-electron chi connectivity index (χ3n) is 13.1. The molecule has 0 fully saturated rings. The number of hydrogen-bond donors (Lipinski definition) is 0. The standard InChI is InChI=1S/C67H114O6/c1-4-7-10-13-16-19-22-25-28-29-30-31-32-33-34-35-36-37-40-42-45-48-51-54-57-60-66(69)72-63-64(73-67(70)61-58-55-52-49-46-43-39-27-24-21-18-15-12-9-6-3)62-71-65(68)59-56-53-50-47-44-41-38-26-23-20-17-14-11-8-5-2/h9,12,17-18,20-21,26-27,29-30,38-39,46,49,55,58,64H,4-8,10-11,13-16,19,22-25,28,31-37,40-45,47-48,50-54,56-57,59-63H2,1-3H3/b12-9-,20-17-,21-18-,30-29-,38-26-,39-27-,49-46-,58-55-. The zero-order chi connectivity index (χ0) is 52.9. The minimum Gasteiger partial charge on any atom is -0.462 e. The Bertz CT molecular complexity index is 1440. The monoisotopic (exact) mass is 1010 g/mol. The Morgan fingerprint density at radius 3 is 0.945 bits per heavy atom. The Morgan fingerprint density at radius 2 is 0.575 bits per heavy atom. The number of carbonyl (C=O) groups excluding carboxylic acids is 3. The van der Waals surface area contributed by atoms with Crippen LogP contribution >= 0.6 is 0 Å². The second-order valence-electron chi connectivity index (χ2n) is 20.2. The first-order valence-electron chi connectivity index (χ1n) is 30.7. The van der Waals surface area contributed by atoms with Crippen LogP contribution in [0.1, 0.15) is 290 Å². The van der Waals surface area contributed by atoms with Gasteiger partial charge in [-0.2, -0.15) is 0 Å². The van der Waals surface area contributed by atoms with Gasteiger partial charge in [-0.1, -0.05) is 266 Å². The first-order chi connectivity index (χ1) is 36.0. The molecule has 0 aromatic heterocycles. The molecule has 0 radical (unpaired) electrons. The quantitative estimate of drug-likeness (QED) is 0.0261. The summed E-state index contributed by atoms with van der Waals surface area (Å²) >= 11 is 0. The van der Waals surface area contributed by atoms with Crippen molar-refractivity contribution in [1.29, 1.82) is 0 Å². The van der Waals surface area contributed by atoms with E-state index in [4.69, 9.17) is 14.2 Å². The van der Waals surface area contributed by atoms with Crippen LogP contribution < -0.4 is 0 Å². The zero-order valence-electron chi connectivity index (χ0n) is 47.9. The summed E-state index contributed by atoms with van der Waals surface area (Å²) < 4.78 is 16.8. The zero-order valence-corrected chi connectivity index (χ0v) is 47.9. The van der Waals surface area contributed by atoms with Gasteiger partial charge in [0.25, 0.3) is 0 Å². The van der Waals surface area contributed by atoms with Crippen LogP contribution in [0.15, 0.2) is 97.2 Å². The third-order valence-corrected chi connectivity index (χ3v) is 13.1. The molecule has 1 unspecified atom stereocenters. The van der Waals surface area contributed by atoms with E-state index in [0.717, 1.165) is 96.3 Å². The number of ether oxygens (including phenoxy) is 3. The van der Waals surface area contributed by atoms with E-state index in [1.807, 2.05) is 6.08 Å². The van der Waals surface area contributed by atoms with Gasteiger partial charge in [-0.3, -0.25) is 14.4 Å². The first kappa shape index (κ1) is 69.3. The Labute approximate surface area is 451 Å². The number of unbranched alkanes of at least 4 members (excludes halogenated alkanes) is 29. The van der Waals surface area contributed by atoms with Crippen molar-refractivity contribution in [2.24, 2.45) is 0 Å². The lowest BCUT2D eigenvalue weighted by atomic mass is 10.0. The molecule has 0 aromatic carbocycles. The maximum absolute atomic E-state index is 12.8. The highest BCUT2D eigenvalue weighted by atomic mass is 16.6. The lowest BCUT2D eigenvalue weighted by molar-refractivity contribution is -0.166. The van der Waals surface area contributed by atoms with Crippen LogP contribution in [0.2, 0.25) is 0 Å². The predicted octanol–water partition coefficient (Wildman–Crippen LogP) is 20.9. The molecule has 73 heavy (non-hydrogen) atoms. The number of esters is 3. The lowest BCUT2D eigenvalue weighted by Crippen LogP contribution is -2.30. The van der Waals surface area contributed by atoms with Crippen molar-refractivity contribution in [3.63, 3.8) is 0 Å². The van der Waals surface area contributed by atoms with Crippen molar-refractivity contribution in [3.05, 3.63) is 97.2 Å². The maximum Gasteiger partial charge on any atom is 0.310 e. The highest BCUT2D eigenvalue weighted by molar-refractivity contribution is 5.72. The van der Waals surface area contributed by atoms with E-state index < -0.39 is 12.1 Å². The topological polar surface area (TPSA) is 78.9 Å². The summed E-state index contributed by atoms with van der Waals surface area (Å²) in [5.74, 6) is -1.06. The van der Waals surface area contributed by atoms with Crippen molar-refractivity contribution >= 4 is 17.9 Å². The molecule has 0 bridgehead atoms. The fourth-order valence-corrected chi connectivity index (χ4v) is 8.49. The van der Waals surface area contributed by atoms with Gasteiger partial charge in [-0.05, 0) is 103 Å². The molecule has 0 aliphatic rings. The van der Waals surface area contributed by atoms with Gasteiger partial charge in [0, 0.05) is 12.8 Å². The molecule has 0 rings (SSSR count). The molecule has 0 amide bonds. The minimum atomic E-state index is -0.839. The van der Waals surface area contributed by atoms with Crippen LogP contribution in [0.25, 0.3) is 0 Å². The summed E-state index contributed by atoms with van der Waals surface area (Å²) in [6.07, 6.45) is 81.6. The summed E-state index contributed by atoms with van der Waals surface area (Å²) in [5.41, 5.74) is 0. The van der Waals surface area contributed by atoms with Crippen LogP contribution in [0, 0.1) is 0 Å². The molecule has 0 saturated heterocycles. The van der Waals surface area contributed by atoms with Crippen LogP contribution in [-0.2, 0) is 28.6 Å². The summed E-state index contributed by atoms with van der Waals surface area (Å²) in [7, 11) is 0. The maximum atomic E-state index is 12.8. The summed E-state index contributed by atoms with van der Waals surface area (Å²) in [4.78, 5) is 38.1. The van der Waals surface area contributed by atoms with Crippen molar-refractivity contribution in [2.75, 3.05) is 13.2 Å². The van der Waals surface area contributed by atoms with E-state index >= 15 is 0 Å². The molecule has 6 heteroatoms. The second-order valence-corrected chi connectivity index (χ2v) is 20.2. The number of allylic oxidation sites excluding steroid dienone is 15. The Balaban J connectivity index is 4.37. The molecular formula is C67H114O6. The predicted molar refractivity (Wildman–Crippen MR) is 316 cm³/mol. The highest BCUT2D eigenvalue weighted by Crippen LogP contribution is 2.16. The third kappa shape index (κ3) is 59.1. The number of hydrogen-bond acceptors (Lipinski definition) is 6. The molecule has 0 spiro atoms. The molecule has 0 heterocycles. The molecule has 0 aliphatic carbocycles. The van der Waals surface area contributed by atoms with Gasteiger partial charge in [0.1, 0.15) is 13.2 Å². The van der Waals surface area contributed by atoms with E-state index in [1.54, 1.807) is 6.08 Å². The minimum absolute atomic E-state index is 0.0929. The van der Waals surface area contributed by atoms with Gasteiger partial charge < -0.3 is 14.2 Å². The summed E-state index contributed by atoms with van der Waals surface area (Å²) in [5, 5.41) is 0. The van der Waals surface area contributed by atoms with Gasteiger partial charge in [0.05, 0.1) is 6.42 Å². The molecule has 0 N–H and O–H groups in total. The molecule has 0 saturated carbocycles. The Morgan fingerprint density at radius 1 is 0.301 bits per heavy atom. The van der Waals surface area contributed by atoms with Gasteiger partial charge in [0.2, 0.25) is 0 Å². The average Bonchev–Trinajstić information content (AvgIpc) is 3.39. The first-order valence-corrected chi connectivity index (χ1v) is 30.7. The summed E-state index contributed by atoms with van der Waals surface area (Å²) in [6, 6.07) is 0. The SMILES string of the molecule is CC/C=C\C/C=C\C/C=C\C/C=C\C/C=C\CC(=O)OC(COC(=O)CCCCCCC/C=C\C/C=C\CCCCC)COC(=O)CCCCCCCCCCCCCCC/C=C\CCCCCCCCCC. The average molecular weight is 1020 g/mol. The fourth-order valence-electron chi connectivity index (χ4n) is 8.49. The molecule has 6 nitrogen and oxygen atoms in total. The highest BCUT2D eigenvalue weighted by Gasteiger charge is 2.19. The van der Waals surface area contributed by atoms with E-state index in [1.165, 1.54) is 154 Å². The van der Waals surface area contributed by atoms with Crippen LogP contribution in [0.3, 0.4) is 0 Å². The molecule has 0 aliphatic heterocycles. The molecular weight excluding hydrogens is 901 g/mol. The Hall–Kier alpha value is -3.67. The number of carbonyl (C=O) groups is 3. The van der Waals surface area contributed by atoms with E-state index in [0.29, 0.717) is 12.8 Å². The fraction of sp³-hybridized carbons (Fsp3) is 0.716. The van der Waals surface area contributed by atoms with Crippen molar-refractivity contribution in [2.45, 2.75) is 297 Å². The van der Waals surface area contributed by atoms with Crippen molar-refractivity contribution < 1.29 is 28.6 Å². The number of rotatable bonds is 55. The molecule has 418 valence electrons. The van der Waals surface area contributed by atoms with Gasteiger partial charge in [0.15, 0.2) is 6.10 Å². The smallest absolute Gasteiger partial charge is 0.310 e. The van der Waals surface area contributed by atoms with Crippen molar-refractivity contribution in [1.82, 2.24) is 0 Å². The van der Waals surface area contributed by atoms with Gasteiger partial charge in [-0.15, -0.1) is 0 Å². The normalized spacial score (nSPS) is 12.8. The van der Waals surface area contributed by atoms with Gasteiger partial charge >= 0.3 is 17.9 Å². The summed E-state index contributed by atoms with van der Waals surface area (Å²) in [6.45, 7) is 6.42. The molecule has 1 atom stereocenters. The van der Waals surface area contributed by atoms with E-state index in [2.05, 4.69) is 106 Å². The van der Waals surface area contributed by atoms with Crippen LogP contribution in [0.5, 0.6) is 0 Å². The second kappa shape index (κ2) is 60.9. The Kier molecular flexibility index (Phi) is 57.8.